The molecule has 1 aromatic carbocycles. The van der Waals surface area contributed by atoms with Crippen LogP contribution in [0.2, 0.25) is 0 Å². The molecular weight excluding hydrogens is 430 g/mol. The number of carbonyl (C=O) groups excluding carboxylic acids is 3. The maximum absolute atomic E-state index is 13.7. The standard InChI is InChI=1S/C23H35N3O5S/c1-14(2)24-20(28)19(15-9-11-17(27)12-10-15)26(16-7-6-8-16)21(29)18(13-32)25-22(30)31-23(3,4)5/h9-12,14,16,18-19,27,32H,6-8,13H2,1-5H3,(H,24,28)(H,25,30). The topological polar surface area (TPSA) is 108 Å². The molecule has 1 saturated carbocycles. The van der Waals surface area contributed by atoms with Crippen molar-refractivity contribution in [2.45, 2.75) is 83.6 Å². The monoisotopic (exact) mass is 465 g/mol. The van der Waals surface area contributed by atoms with Crippen LogP contribution < -0.4 is 10.6 Å². The van der Waals surface area contributed by atoms with E-state index >= 15 is 0 Å². The fourth-order valence-corrected chi connectivity index (χ4v) is 3.70. The minimum absolute atomic E-state index is 0.0510. The van der Waals surface area contributed by atoms with E-state index in [1.807, 2.05) is 13.8 Å². The summed E-state index contributed by atoms with van der Waals surface area (Å²) >= 11 is 4.28. The molecule has 3 N–H and O–H groups in total. The lowest BCUT2D eigenvalue weighted by Gasteiger charge is -2.43. The highest BCUT2D eigenvalue weighted by atomic mass is 32.1. The Kier molecular flexibility index (Phi) is 8.83. The number of rotatable bonds is 8. The minimum atomic E-state index is -0.958. The van der Waals surface area contributed by atoms with E-state index in [4.69, 9.17) is 4.74 Å². The Morgan fingerprint density at radius 3 is 2.19 bits per heavy atom. The van der Waals surface area contributed by atoms with Gasteiger partial charge >= 0.3 is 6.09 Å². The smallest absolute Gasteiger partial charge is 0.408 e. The number of amides is 3. The molecule has 9 heteroatoms. The third-order valence-corrected chi connectivity index (χ3v) is 5.43. The Morgan fingerprint density at radius 1 is 1.16 bits per heavy atom. The Labute approximate surface area is 195 Å². The number of ether oxygens (including phenoxy) is 1. The molecule has 0 bridgehead atoms. The van der Waals surface area contributed by atoms with E-state index in [0.717, 1.165) is 19.3 Å². The molecule has 2 atom stereocenters. The summed E-state index contributed by atoms with van der Waals surface area (Å²) in [6.07, 6.45) is 1.77. The maximum Gasteiger partial charge on any atom is 0.408 e. The van der Waals surface area contributed by atoms with Gasteiger partial charge in [0.1, 0.15) is 23.4 Å². The van der Waals surface area contributed by atoms with E-state index in [2.05, 4.69) is 23.3 Å². The molecule has 8 nitrogen and oxygen atoms in total. The average Bonchev–Trinajstić information content (AvgIpc) is 2.63. The number of thiol groups is 1. The lowest BCUT2D eigenvalue weighted by molar-refractivity contribution is -0.147. The van der Waals surface area contributed by atoms with Gasteiger partial charge in [0, 0.05) is 17.8 Å². The van der Waals surface area contributed by atoms with Gasteiger partial charge in [0.25, 0.3) is 0 Å². The lowest BCUT2D eigenvalue weighted by atomic mass is 9.88. The number of nitrogens with one attached hydrogen (secondary N) is 2. The van der Waals surface area contributed by atoms with Crippen LogP contribution in [0.1, 0.15) is 65.5 Å². The van der Waals surface area contributed by atoms with Crippen LogP contribution in [0, 0.1) is 0 Å². The molecule has 0 radical (unpaired) electrons. The van der Waals surface area contributed by atoms with Crippen LogP contribution in [0.4, 0.5) is 4.79 Å². The summed E-state index contributed by atoms with van der Waals surface area (Å²) < 4.78 is 5.30. The number of phenols is 1. The predicted octanol–water partition coefficient (Wildman–Crippen LogP) is 3.16. The first-order chi connectivity index (χ1) is 14.9. The van der Waals surface area contributed by atoms with Crippen molar-refractivity contribution in [3.05, 3.63) is 29.8 Å². The summed E-state index contributed by atoms with van der Waals surface area (Å²) in [5.74, 6) is -0.596. The fraction of sp³-hybridized carbons (Fsp3) is 0.609. The summed E-state index contributed by atoms with van der Waals surface area (Å²) in [6, 6.07) is 4.13. The second-order valence-electron chi connectivity index (χ2n) is 9.37. The van der Waals surface area contributed by atoms with Crippen LogP contribution in [0.3, 0.4) is 0 Å². The molecule has 32 heavy (non-hydrogen) atoms. The third-order valence-electron chi connectivity index (χ3n) is 5.06. The molecule has 2 unspecified atom stereocenters. The van der Waals surface area contributed by atoms with E-state index in [0.29, 0.717) is 5.56 Å². The summed E-state index contributed by atoms with van der Waals surface area (Å²) in [5.41, 5.74) is -0.135. The van der Waals surface area contributed by atoms with Gasteiger partial charge in [-0.1, -0.05) is 12.1 Å². The molecule has 0 heterocycles. The first-order valence-electron chi connectivity index (χ1n) is 10.9. The Balaban J connectivity index is 2.39. The molecule has 1 aliphatic rings. The molecule has 0 aromatic heterocycles. The molecule has 2 rings (SSSR count). The minimum Gasteiger partial charge on any atom is -0.508 e. The van der Waals surface area contributed by atoms with Crippen LogP contribution in [0.15, 0.2) is 24.3 Å². The molecule has 3 amide bonds. The van der Waals surface area contributed by atoms with Crippen LogP contribution >= 0.6 is 12.6 Å². The number of hydrogen-bond donors (Lipinski definition) is 4. The van der Waals surface area contributed by atoms with Crippen molar-refractivity contribution in [2.75, 3.05) is 5.75 Å². The Morgan fingerprint density at radius 2 is 1.75 bits per heavy atom. The summed E-state index contributed by atoms with van der Waals surface area (Å²) in [4.78, 5) is 40.8. The van der Waals surface area contributed by atoms with E-state index < -0.39 is 29.7 Å². The number of benzene rings is 1. The van der Waals surface area contributed by atoms with Gasteiger partial charge in [-0.15, -0.1) is 0 Å². The van der Waals surface area contributed by atoms with Crippen LogP contribution in [0.25, 0.3) is 0 Å². The van der Waals surface area contributed by atoms with Gasteiger partial charge in [-0.2, -0.15) is 12.6 Å². The Hall–Kier alpha value is -2.42. The van der Waals surface area contributed by atoms with Crippen molar-refractivity contribution in [3.8, 4) is 5.75 Å². The summed E-state index contributed by atoms with van der Waals surface area (Å²) in [7, 11) is 0. The number of hydrogen-bond acceptors (Lipinski definition) is 6. The van der Waals surface area contributed by atoms with Crippen molar-refractivity contribution in [3.63, 3.8) is 0 Å². The van der Waals surface area contributed by atoms with E-state index in [1.165, 1.54) is 12.1 Å². The van der Waals surface area contributed by atoms with Crippen molar-refractivity contribution in [2.24, 2.45) is 0 Å². The fourth-order valence-electron chi connectivity index (χ4n) is 3.46. The molecule has 1 aliphatic carbocycles. The van der Waals surface area contributed by atoms with Crippen LogP contribution in [0.5, 0.6) is 5.75 Å². The SMILES string of the molecule is CC(C)NC(=O)C(c1ccc(O)cc1)N(C(=O)C(CS)NC(=O)OC(C)(C)C)C1CCC1. The van der Waals surface area contributed by atoms with E-state index in [1.54, 1.807) is 37.8 Å². The van der Waals surface area contributed by atoms with Crippen molar-refractivity contribution in [1.82, 2.24) is 15.5 Å². The van der Waals surface area contributed by atoms with Gasteiger partial charge in [-0.3, -0.25) is 9.59 Å². The van der Waals surface area contributed by atoms with Crippen molar-refractivity contribution < 1.29 is 24.2 Å². The quantitative estimate of drug-likeness (QED) is 0.441. The van der Waals surface area contributed by atoms with Crippen LogP contribution in [-0.4, -0.2) is 57.4 Å². The van der Waals surface area contributed by atoms with Gasteiger partial charge in [0.15, 0.2) is 0 Å². The number of aromatic hydroxyl groups is 1. The van der Waals surface area contributed by atoms with Gasteiger partial charge in [0.2, 0.25) is 11.8 Å². The zero-order valence-electron chi connectivity index (χ0n) is 19.4. The highest BCUT2D eigenvalue weighted by Gasteiger charge is 2.41. The van der Waals surface area contributed by atoms with Gasteiger partial charge in [0.05, 0.1) is 0 Å². The Bertz CT molecular complexity index is 803. The lowest BCUT2D eigenvalue weighted by Crippen LogP contribution is -2.58. The maximum atomic E-state index is 13.7. The molecule has 1 fully saturated rings. The summed E-state index contributed by atoms with van der Waals surface area (Å²) in [5, 5.41) is 15.2. The zero-order chi connectivity index (χ0) is 24.1. The van der Waals surface area contributed by atoms with Crippen molar-refractivity contribution >= 4 is 30.5 Å². The first kappa shape index (κ1) is 25.8. The number of alkyl carbamates (subject to hydrolysis) is 1. The van der Waals surface area contributed by atoms with Gasteiger partial charge in [-0.25, -0.2) is 4.79 Å². The predicted molar refractivity (Wildman–Crippen MR) is 126 cm³/mol. The second kappa shape index (κ2) is 10.9. The summed E-state index contributed by atoms with van der Waals surface area (Å²) in [6.45, 7) is 8.91. The molecule has 0 aliphatic heterocycles. The largest absolute Gasteiger partial charge is 0.508 e. The zero-order valence-corrected chi connectivity index (χ0v) is 20.3. The normalized spacial score (nSPS) is 16.0. The van der Waals surface area contributed by atoms with Gasteiger partial charge < -0.3 is 25.4 Å². The molecule has 178 valence electrons. The van der Waals surface area contributed by atoms with E-state index in [-0.39, 0.29) is 29.5 Å². The molecule has 0 saturated heterocycles. The molecule has 0 spiro atoms. The highest BCUT2D eigenvalue weighted by molar-refractivity contribution is 7.80. The van der Waals surface area contributed by atoms with Gasteiger partial charge in [-0.05, 0) is 71.6 Å². The number of carbonyl (C=O) groups is 3. The number of phenolic OH excluding ortho intramolecular Hbond substituents is 1. The van der Waals surface area contributed by atoms with Crippen LogP contribution in [-0.2, 0) is 14.3 Å². The highest BCUT2D eigenvalue weighted by Crippen LogP contribution is 2.34. The second-order valence-corrected chi connectivity index (χ2v) is 9.73. The molecule has 1 aromatic rings. The third kappa shape index (κ3) is 7.05. The number of nitrogens with zero attached hydrogens (tertiary/aromatic N) is 1. The first-order valence-corrected chi connectivity index (χ1v) is 11.6. The average molecular weight is 466 g/mol. The van der Waals surface area contributed by atoms with E-state index in [9.17, 15) is 19.5 Å². The molecular formula is C23H35N3O5S. The van der Waals surface area contributed by atoms with Crippen molar-refractivity contribution in [1.29, 1.82) is 0 Å².